The number of fused-ring (bicyclic) bond motifs is 1. The Hall–Kier alpha value is -1.70. The summed E-state index contributed by atoms with van der Waals surface area (Å²) in [6, 6.07) is 13.0. The molecule has 0 amide bonds. The minimum absolute atomic E-state index is 0.486. The molecule has 1 saturated heterocycles. The van der Waals surface area contributed by atoms with Crippen molar-refractivity contribution in [1.82, 2.24) is 0 Å². The van der Waals surface area contributed by atoms with E-state index in [2.05, 4.69) is 0 Å². The van der Waals surface area contributed by atoms with Crippen molar-refractivity contribution in [3.63, 3.8) is 0 Å². The SMILES string of the molecule is OC[C@H]1OC(Oc2cccc3ccccc23)[C@@H](O)[C@@H](O)[C@@H]1O. The highest BCUT2D eigenvalue weighted by Gasteiger charge is 2.44. The first-order chi connectivity index (χ1) is 10.6. The number of ether oxygens (including phenoxy) is 2. The molecule has 0 bridgehead atoms. The molecule has 22 heavy (non-hydrogen) atoms. The van der Waals surface area contributed by atoms with E-state index in [1.54, 1.807) is 6.07 Å². The van der Waals surface area contributed by atoms with Gasteiger partial charge in [0.1, 0.15) is 30.2 Å². The number of hydrogen-bond acceptors (Lipinski definition) is 6. The standard InChI is InChI=1S/C16H18O6/c17-8-12-13(18)14(19)15(20)16(22-12)21-11-7-3-5-9-4-1-2-6-10(9)11/h1-7,12-20H,8H2/t12-,13-,14+,15+,16?/m1/s1. The summed E-state index contributed by atoms with van der Waals surface area (Å²) in [5.74, 6) is 0.488. The van der Waals surface area contributed by atoms with Gasteiger partial charge in [-0.2, -0.15) is 0 Å². The van der Waals surface area contributed by atoms with Crippen LogP contribution in [0, 0.1) is 0 Å². The van der Waals surface area contributed by atoms with Crippen LogP contribution in [0.4, 0.5) is 0 Å². The molecule has 3 rings (SSSR count). The Labute approximate surface area is 127 Å². The Balaban J connectivity index is 1.87. The second-order valence-electron chi connectivity index (χ2n) is 5.29. The van der Waals surface area contributed by atoms with Gasteiger partial charge < -0.3 is 29.9 Å². The van der Waals surface area contributed by atoms with Crippen molar-refractivity contribution in [1.29, 1.82) is 0 Å². The van der Waals surface area contributed by atoms with Gasteiger partial charge in [0.2, 0.25) is 6.29 Å². The van der Waals surface area contributed by atoms with Crippen molar-refractivity contribution in [2.45, 2.75) is 30.7 Å². The molecule has 118 valence electrons. The third kappa shape index (κ3) is 2.67. The Bertz CT molecular complexity index is 638. The van der Waals surface area contributed by atoms with Crippen LogP contribution in [-0.2, 0) is 4.74 Å². The fourth-order valence-corrected chi connectivity index (χ4v) is 2.59. The topological polar surface area (TPSA) is 99.4 Å². The van der Waals surface area contributed by atoms with Gasteiger partial charge in [-0.15, -0.1) is 0 Å². The molecular weight excluding hydrogens is 288 g/mol. The van der Waals surface area contributed by atoms with Crippen molar-refractivity contribution in [3.8, 4) is 5.75 Å². The predicted octanol–water partition coefficient (Wildman–Crippen LogP) is 0.0185. The lowest BCUT2D eigenvalue weighted by Gasteiger charge is -2.39. The van der Waals surface area contributed by atoms with E-state index >= 15 is 0 Å². The molecule has 2 aromatic carbocycles. The highest BCUT2D eigenvalue weighted by atomic mass is 16.7. The summed E-state index contributed by atoms with van der Waals surface area (Å²) in [4.78, 5) is 0. The number of aliphatic hydroxyl groups is 4. The molecule has 5 atom stereocenters. The molecule has 6 heteroatoms. The second-order valence-corrected chi connectivity index (χ2v) is 5.29. The quantitative estimate of drug-likeness (QED) is 0.638. The van der Waals surface area contributed by atoms with Crippen molar-refractivity contribution in [2.75, 3.05) is 6.61 Å². The zero-order chi connectivity index (χ0) is 15.7. The normalized spacial score (nSPS) is 32.1. The highest BCUT2D eigenvalue weighted by molar-refractivity contribution is 5.88. The summed E-state index contributed by atoms with van der Waals surface area (Å²) in [6.45, 7) is -0.486. The largest absolute Gasteiger partial charge is 0.461 e. The molecule has 0 aliphatic carbocycles. The van der Waals surface area contributed by atoms with Crippen LogP contribution in [0.25, 0.3) is 10.8 Å². The van der Waals surface area contributed by atoms with Gasteiger partial charge in [-0.3, -0.25) is 0 Å². The van der Waals surface area contributed by atoms with E-state index in [0.717, 1.165) is 10.8 Å². The maximum absolute atomic E-state index is 10.0. The molecule has 0 saturated carbocycles. The Kier molecular flexibility index (Phi) is 4.28. The molecule has 1 aliphatic heterocycles. The van der Waals surface area contributed by atoms with E-state index < -0.39 is 37.3 Å². The van der Waals surface area contributed by atoms with Gasteiger partial charge in [0, 0.05) is 5.39 Å². The third-order valence-corrected chi connectivity index (χ3v) is 3.84. The molecule has 0 radical (unpaired) electrons. The van der Waals surface area contributed by atoms with Gasteiger partial charge in [0.05, 0.1) is 6.61 Å². The Morgan fingerprint density at radius 3 is 2.41 bits per heavy atom. The number of hydrogen-bond donors (Lipinski definition) is 4. The van der Waals surface area contributed by atoms with Crippen LogP contribution in [0.5, 0.6) is 5.75 Å². The van der Waals surface area contributed by atoms with E-state index in [-0.39, 0.29) is 0 Å². The van der Waals surface area contributed by atoms with E-state index in [4.69, 9.17) is 9.47 Å². The average molecular weight is 306 g/mol. The van der Waals surface area contributed by atoms with Gasteiger partial charge in [-0.05, 0) is 11.5 Å². The van der Waals surface area contributed by atoms with Crippen LogP contribution in [0.2, 0.25) is 0 Å². The summed E-state index contributed by atoms with van der Waals surface area (Å²) in [5.41, 5.74) is 0. The minimum atomic E-state index is -1.45. The molecule has 2 aromatic rings. The monoisotopic (exact) mass is 306 g/mol. The van der Waals surface area contributed by atoms with Gasteiger partial charge in [-0.1, -0.05) is 36.4 Å². The fraction of sp³-hybridized carbons (Fsp3) is 0.375. The molecule has 1 unspecified atom stereocenters. The smallest absolute Gasteiger partial charge is 0.229 e. The van der Waals surface area contributed by atoms with Crippen LogP contribution in [0.1, 0.15) is 0 Å². The zero-order valence-electron chi connectivity index (χ0n) is 11.7. The first kappa shape index (κ1) is 15.2. The number of benzene rings is 2. The molecule has 6 nitrogen and oxygen atoms in total. The van der Waals surface area contributed by atoms with E-state index in [9.17, 15) is 20.4 Å². The Morgan fingerprint density at radius 1 is 0.909 bits per heavy atom. The van der Waals surface area contributed by atoms with Crippen LogP contribution in [0.15, 0.2) is 42.5 Å². The Morgan fingerprint density at radius 2 is 1.64 bits per heavy atom. The average Bonchev–Trinajstić information content (AvgIpc) is 2.55. The molecule has 1 fully saturated rings. The van der Waals surface area contributed by atoms with Gasteiger partial charge in [0.25, 0.3) is 0 Å². The van der Waals surface area contributed by atoms with Crippen LogP contribution in [0.3, 0.4) is 0 Å². The van der Waals surface area contributed by atoms with Gasteiger partial charge in [0.15, 0.2) is 0 Å². The van der Waals surface area contributed by atoms with Crippen LogP contribution >= 0.6 is 0 Å². The van der Waals surface area contributed by atoms with Crippen molar-refractivity contribution in [2.24, 2.45) is 0 Å². The molecule has 4 N–H and O–H groups in total. The highest BCUT2D eigenvalue weighted by Crippen LogP contribution is 2.29. The van der Waals surface area contributed by atoms with Gasteiger partial charge in [-0.25, -0.2) is 0 Å². The summed E-state index contributed by atoms with van der Waals surface area (Å²) in [6.07, 6.45) is -6.44. The maximum atomic E-state index is 10.0. The van der Waals surface area contributed by atoms with Crippen molar-refractivity contribution >= 4 is 10.8 Å². The minimum Gasteiger partial charge on any atom is -0.461 e. The summed E-state index contributed by atoms with van der Waals surface area (Å²) in [5, 5.41) is 40.5. The molecule has 0 spiro atoms. The van der Waals surface area contributed by atoms with Gasteiger partial charge >= 0.3 is 0 Å². The molecular formula is C16H18O6. The van der Waals surface area contributed by atoms with Crippen molar-refractivity contribution in [3.05, 3.63) is 42.5 Å². The summed E-state index contributed by atoms with van der Waals surface area (Å²) < 4.78 is 11.0. The molecule has 0 aromatic heterocycles. The summed E-state index contributed by atoms with van der Waals surface area (Å²) in [7, 11) is 0. The zero-order valence-corrected chi connectivity index (χ0v) is 11.7. The lowest BCUT2D eigenvalue weighted by atomic mass is 9.99. The first-order valence-corrected chi connectivity index (χ1v) is 7.07. The van der Waals surface area contributed by atoms with Crippen molar-refractivity contribution < 1.29 is 29.9 Å². The number of rotatable bonds is 3. The lowest BCUT2D eigenvalue weighted by molar-refractivity contribution is -0.277. The van der Waals surface area contributed by atoms with E-state index in [1.165, 1.54) is 0 Å². The van der Waals surface area contributed by atoms with E-state index in [0.29, 0.717) is 5.75 Å². The molecule has 1 heterocycles. The summed E-state index contributed by atoms with van der Waals surface area (Å²) >= 11 is 0. The number of aliphatic hydroxyl groups excluding tert-OH is 4. The second kappa shape index (κ2) is 6.20. The third-order valence-electron chi connectivity index (χ3n) is 3.84. The fourth-order valence-electron chi connectivity index (χ4n) is 2.59. The van der Waals surface area contributed by atoms with E-state index in [1.807, 2.05) is 36.4 Å². The van der Waals surface area contributed by atoms with Crippen LogP contribution < -0.4 is 4.74 Å². The van der Waals surface area contributed by atoms with Crippen LogP contribution in [-0.4, -0.2) is 57.7 Å². The first-order valence-electron chi connectivity index (χ1n) is 7.07. The maximum Gasteiger partial charge on any atom is 0.229 e. The predicted molar refractivity (Wildman–Crippen MR) is 78.3 cm³/mol. The lowest BCUT2D eigenvalue weighted by Crippen LogP contribution is -2.60. The molecule has 1 aliphatic rings.